The van der Waals surface area contributed by atoms with Gasteiger partial charge in [-0.15, -0.1) is 12.4 Å². The average molecular weight is 401 g/mol. The van der Waals surface area contributed by atoms with Crippen LogP contribution in [0.2, 0.25) is 0 Å². The van der Waals surface area contributed by atoms with E-state index in [0.717, 1.165) is 44.2 Å². The molecule has 1 fully saturated rings. The minimum Gasteiger partial charge on any atom is -0.336 e. The van der Waals surface area contributed by atoms with Crippen molar-refractivity contribution in [1.29, 1.82) is 0 Å². The normalized spacial score (nSPS) is 21.8. The highest BCUT2D eigenvalue weighted by Gasteiger charge is 2.39. The molecule has 0 bridgehead atoms. The average Bonchev–Trinajstić information content (AvgIpc) is 2.71. The van der Waals surface area contributed by atoms with Crippen LogP contribution in [0.5, 0.6) is 0 Å². The molecule has 0 saturated heterocycles. The van der Waals surface area contributed by atoms with E-state index < -0.39 is 0 Å². The Kier molecular flexibility index (Phi) is 8.09. The Morgan fingerprint density at radius 3 is 2.00 bits per heavy atom. The maximum absolute atomic E-state index is 13.0. The molecule has 0 spiro atoms. The summed E-state index contributed by atoms with van der Waals surface area (Å²) >= 11 is 0. The molecule has 0 radical (unpaired) electrons. The van der Waals surface area contributed by atoms with Gasteiger partial charge in [0.2, 0.25) is 0 Å². The van der Waals surface area contributed by atoms with E-state index in [1.54, 1.807) is 0 Å². The maximum Gasteiger partial charge on any atom is 0.254 e. The van der Waals surface area contributed by atoms with E-state index in [4.69, 9.17) is 0 Å². The van der Waals surface area contributed by atoms with Gasteiger partial charge in [-0.05, 0) is 70.8 Å². The molecule has 1 aliphatic rings. The lowest BCUT2D eigenvalue weighted by atomic mass is 9.74. The number of hydrogen-bond donors (Lipinski definition) is 0. The summed E-state index contributed by atoms with van der Waals surface area (Å²) in [5.74, 6) is 0.170. The van der Waals surface area contributed by atoms with Crippen LogP contribution >= 0.6 is 12.4 Å². The second-order valence-electron chi connectivity index (χ2n) is 7.97. The highest BCUT2D eigenvalue weighted by Crippen LogP contribution is 2.37. The zero-order valence-corrected chi connectivity index (χ0v) is 18.1. The maximum atomic E-state index is 13.0. The number of carbonyl (C=O) groups excluding carboxylic acids is 1. The molecule has 1 amide bonds. The van der Waals surface area contributed by atoms with Crippen molar-refractivity contribution in [2.75, 3.05) is 20.6 Å². The molecule has 0 aromatic heterocycles. The van der Waals surface area contributed by atoms with Gasteiger partial charge in [-0.2, -0.15) is 0 Å². The first-order chi connectivity index (χ1) is 13.1. The Morgan fingerprint density at radius 1 is 0.964 bits per heavy atom. The summed E-state index contributed by atoms with van der Waals surface area (Å²) in [6, 6.07) is 20.8. The van der Waals surface area contributed by atoms with Gasteiger partial charge in [0.05, 0.1) is 0 Å². The number of likely N-dealkylation sites (N-methyl/N-ethyl adjacent to an activating group) is 1. The van der Waals surface area contributed by atoms with Gasteiger partial charge in [0, 0.05) is 23.7 Å². The van der Waals surface area contributed by atoms with Crippen molar-refractivity contribution >= 4 is 18.3 Å². The number of carbonyl (C=O) groups is 1. The second-order valence-corrected chi connectivity index (χ2v) is 7.97. The van der Waals surface area contributed by atoms with Crippen LogP contribution in [0.1, 0.15) is 48.5 Å². The predicted molar refractivity (Wildman–Crippen MR) is 119 cm³/mol. The van der Waals surface area contributed by atoms with Gasteiger partial charge < -0.3 is 9.80 Å². The molecule has 2 aromatic carbocycles. The minimum absolute atomic E-state index is 0. The molecule has 0 aliphatic heterocycles. The summed E-state index contributed by atoms with van der Waals surface area (Å²) in [7, 11) is 4.41. The van der Waals surface area contributed by atoms with E-state index in [9.17, 15) is 4.79 Å². The van der Waals surface area contributed by atoms with Crippen LogP contribution in [-0.4, -0.2) is 47.9 Å². The number of amides is 1. The van der Waals surface area contributed by atoms with Gasteiger partial charge in [0.15, 0.2) is 0 Å². The third-order valence-electron chi connectivity index (χ3n) is 6.27. The predicted octanol–water partition coefficient (Wildman–Crippen LogP) is 5.06. The van der Waals surface area contributed by atoms with Crippen LogP contribution in [0.3, 0.4) is 0 Å². The third kappa shape index (κ3) is 4.95. The van der Waals surface area contributed by atoms with E-state index in [0.29, 0.717) is 6.04 Å². The number of hydrogen-bond acceptors (Lipinski definition) is 2. The van der Waals surface area contributed by atoms with Crippen LogP contribution < -0.4 is 0 Å². The van der Waals surface area contributed by atoms with E-state index in [-0.39, 0.29) is 23.9 Å². The molecule has 1 saturated carbocycles. The van der Waals surface area contributed by atoms with E-state index in [1.807, 2.05) is 30.3 Å². The van der Waals surface area contributed by atoms with Crippen molar-refractivity contribution in [3.05, 3.63) is 71.8 Å². The van der Waals surface area contributed by atoms with Crippen molar-refractivity contribution in [3.63, 3.8) is 0 Å². The van der Waals surface area contributed by atoms with Crippen molar-refractivity contribution in [2.45, 2.75) is 50.6 Å². The van der Waals surface area contributed by atoms with Crippen molar-refractivity contribution < 1.29 is 4.79 Å². The van der Waals surface area contributed by atoms with Gasteiger partial charge in [-0.25, -0.2) is 0 Å². The molecule has 2 aromatic rings. The summed E-state index contributed by atoms with van der Waals surface area (Å²) in [4.78, 5) is 17.5. The molecule has 3 nitrogen and oxygen atoms in total. The van der Waals surface area contributed by atoms with Crippen LogP contribution in [0, 0.1) is 0 Å². The zero-order chi connectivity index (χ0) is 19.3. The van der Waals surface area contributed by atoms with Gasteiger partial charge in [0.1, 0.15) is 0 Å². The summed E-state index contributed by atoms with van der Waals surface area (Å²) in [6.07, 6.45) is 5.46. The highest BCUT2D eigenvalue weighted by atomic mass is 35.5. The number of rotatable bonds is 6. The molecule has 0 atom stereocenters. The number of nitrogens with zero attached hydrogens (tertiary/aromatic N) is 2. The van der Waals surface area contributed by atoms with Crippen molar-refractivity contribution in [3.8, 4) is 0 Å². The first kappa shape index (κ1) is 22.4. The molecule has 28 heavy (non-hydrogen) atoms. The monoisotopic (exact) mass is 400 g/mol. The van der Waals surface area contributed by atoms with Gasteiger partial charge >= 0.3 is 0 Å². The topological polar surface area (TPSA) is 23.6 Å². The first-order valence-electron chi connectivity index (χ1n) is 10.1. The third-order valence-corrected chi connectivity index (χ3v) is 6.27. The van der Waals surface area contributed by atoms with Gasteiger partial charge in [-0.1, -0.05) is 48.5 Å². The number of halogens is 1. The van der Waals surface area contributed by atoms with Gasteiger partial charge in [0.25, 0.3) is 5.91 Å². The highest BCUT2D eigenvalue weighted by molar-refractivity contribution is 5.94. The Bertz CT molecular complexity index is 725. The SMILES string of the molecule is CCN(C(=O)c1ccccc1)C1CCC(Cc2ccccc2)(N(C)C)CC1.Cl. The zero-order valence-electron chi connectivity index (χ0n) is 17.3. The molecule has 0 N–H and O–H groups in total. The lowest BCUT2D eigenvalue weighted by molar-refractivity contribution is 0.0415. The van der Waals surface area contributed by atoms with Crippen molar-refractivity contribution in [2.24, 2.45) is 0 Å². The molecule has 0 heterocycles. The molecule has 3 rings (SSSR count). The summed E-state index contributed by atoms with van der Waals surface area (Å²) in [5.41, 5.74) is 2.39. The van der Waals surface area contributed by atoms with E-state index in [1.165, 1.54) is 5.56 Å². The smallest absolute Gasteiger partial charge is 0.254 e. The minimum atomic E-state index is 0. The van der Waals surface area contributed by atoms with Crippen LogP contribution in [0.25, 0.3) is 0 Å². The van der Waals surface area contributed by atoms with Crippen molar-refractivity contribution in [1.82, 2.24) is 9.80 Å². The van der Waals surface area contributed by atoms with E-state index in [2.05, 4.69) is 61.2 Å². The quantitative estimate of drug-likeness (QED) is 0.676. The Morgan fingerprint density at radius 2 is 1.50 bits per heavy atom. The molecular formula is C24H33ClN2O. The fourth-order valence-electron chi connectivity index (χ4n) is 4.52. The molecule has 1 aliphatic carbocycles. The van der Waals surface area contributed by atoms with Gasteiger partial charge in [-0.3, -0.25) is 4.79 Å². The molecular weight excluding hydrogens is 368 g/mol. The Balaban J connectivity index is 0.00000280. The van der Waals surface area contributed by atoms with Crippen LogP contribution in [-0.2, 0) is 6.42 Å². The standard InChI is InChI=1S/C24H32N2O.ClH/c1-4-26(23(27)21-13-9-6-10-14-21)22-15-17-24(18-16-22,25(2)3)19-20-11-7-5-8-12-20;/h5-14,22H,4,15-19H2,1-3H3;1H. The van der Waals surface area contributed by atoms with Crippen LogP contribution in [0.4, 0.5) is 0 Å². The molecule has 0 unspecified atom stereocenters. The lowest BCUT2D eigenvalue weighted by Gasteiger charge is -2.47. The first-order valence-corrected chi connectivity index (χ1v) is 10.1. The Labute approximate surface area is 176 Å². The lowest BCUT2D eigenvalue weighted by Crippen LogP contribution is -2.53. The summed E-state index contributed by atoms with van der Waals surface area (Å²) < 4.78 is 0. The fraction of sp³-hybridized carbons (Fsp3) is 0.458. The summed E-state index contributed by atoms with van der Waals surface area (Å²) in [5, 5.41) is 0. The Hall–Kier alpha value is -1.84. The summed E-state index contributed by atoms with van der Waals surface area (Å²) in [6.45, 7) is 2.87. The second kappa shape index (κ2) is 10.1. The number of benzene rings is 2. The van der Waals surface area contributed by atoms with Crippen LogP contribution in [0.15, 0.2) is 60.7 Å². The molecule has 4 heteroatoms. The molecule has 152 valence electrons. The fourth-order valence-corrected chi connectivity index (χ4v) is 4.52. The van der Waals surface area contributed by atoms with E-state index >= 15 is 0 Å². The largest absolute Gasteiger partial charge is 0.336 e.